The van der Waals surface area contributed by atoms with Gasteiger partial charge in [-0.05, 0) is 0 Å². The van der Waals surface area contributed by atoms with Crippen LogP contribution in [0.5, 0.6) is 0 Å². The summed E-state index contributed by atoms with van der Waals surface area (Å²) in [5.74, 6) is -0.321. The predicted octanol–water partition coefficient (Wildman–Crippen LogP) is 2.45. The van der Waals surface area contributed by atoms with Crippen molar-refractivity contribution in [2.24, 2.45) is 0 Å². The molecule has 0 aliphatic carbocycles. The molecule has 0 aromatic heterocycles. The normalized spacial score (nSPS) is 12.8. The Bertz CT molecular complexity index is 181. The van der Waals surface area contributed by atoms with E-state index in [-0.39, 0.29) is 5.91 Å². The molecular formula is C8H20FNOSi2. The lowest BCUT2D eigenvalue weighted by Crippen LogP contribution is -2.62. The first-order valence-electron chi connectivity index (χ1n) is 4.50. The number of halogens is 1. The predicted molar refractivity (Wildman–Crippen MR) is 59.5 cm³/mol. The monoisotopic (exact) mass is 221 g/mol. The minimum absolute atomic E-state index is 0.321. The van der Waals surface area contributed by atoms with Crippen LogP contribution in [0.25, 0.3) is 0 Å². The summed E-state index contributed by atoms with van der Waals surface area (Å²) < 4.78 is 14.2. The molecule has 78 valence electrons. The fraction of sp³-hybridized carbons (Fsp3) is 0.875. The minimum atomic E-state index is -1.70. The van der Waals surface area contributed by atoms with Crippen molar-refractivity contribution in [1.82, 2.24) is 4.23 Å². The standard InChI is InChI=1S/C8H20FNOSi2/c1-12(2,3)10(8(11)7-9)13(4,5)6/h7H2,1-6H3. The van der Waals surface area contributed by atoms with Gasteiger partial charge in [0.25, 0.3) is 0 Å². The topological polar surface area (TPSA) is 20.3 Å². The second-order valence-corrected chi connectivity index (χ2v) is 15.2. The zero-order valence-electron chi connectivity index (χ0n) is 9.44. The van der Waals surface area contributed by atoms with E-state index in [0.717, 1.165) is 0 Å². The number of alkyl halides is 1. The molecule has 0 fully saturated rings. The van der Waals surface area contributed by atoms with Gasteiger partial charge in [0, 0.05) is 0 Å². The maximum Gasteiger partial charge on any atom is 0.238 e. The number of rotatable bonds is 3. The average molecular weight is 221 g/mol. The zero-order chi connectivity index (χ0) is 10.9. The van der Waals surface area contributed by atoms with Gasteiger partial charge in [0.2, 0.25) is 5.91 Å². The van der Waals surface area contributed by atoms with Gasteiger partial charge in [0.1, 0.15) is 16.5 Å². The molecule has 2 nitrogen and oxygen atoms in total. The van der Waals surface area contributed by atoms with Crippen LogP contribution in [-0.2, 0) is 4.79 Å². The Morgan fingerprint density at radius 1 is 1.08 bits per heavy atom. The molecule has 0 bridgehead atoms. The summed E-state index contributed by atoms with van der Waals surface area (Å²) in [5.41, 5.74) is 0. The van der Waals surface area contributed by atoms with Crippen molar-refractivity contribution < 1.29 is 9.18 Å². The van der Waals surface area contributed by atoms with E-state index in [0.29, 0.717) is 0 Å². The van der Waals surface area contributed by atoms with Crippen LogP contribution < -0.4 is 0 Å². The van der Waals surface area contributed by atoms with Gasteiger partial charge < -0.3 is 4.23 Å². The number of carbonyl (C=O) groups is 1. The molecule has 0 rings (SSSR count). The zero-order valence-corrected chi connectivity index (χ0v) is 11.4. The van der Waals surface area contributed by atoms with Gasteiger partial charge in [-0.3, -0.25) is 4.79 Å². The summed E-state index contributed by atoms with van der Waals surface area (Å²) in [5, 5.41) is 0. The third-order valence-corrected chi connectivity index (χ3v) is 8.91. The first-order valence-corrected chi connectivity index (χ1v) is 11.4. The van der Waals surface area contributed by atoms with Crippen LogP contribution in [0.4, 0.5) is 4.39 Å². The summed E-state index contributed by atoms with van der Waals surface area (Å²) in [6, 6.07) is 0. The quantitative estimate of drug-likeness (QED) is 0.670. The molecule has 0 aromatic rings. The van der Waals surface area contributed by atoms with Crippen LogP contribution in [0, 0.1) is 0 Å². The average Bonchev–Trinajstić information content (AvgIpc) is 1.80. The van der Waals surface area contributed by atoms with Gasteiger partial charge in [-0.1, -0.05) is 39.3 Å². The molecule has 0 N–H and O–H groups in total. The Labute approximate surface area is 82.3 Å². The molecule has 13 heavy (non-hydrogen) atoms. The maximum atomic E-state index is 12.4. The van der Waals surface area contributed by atoms with Crippen molar-refractivity contribution in [3.8, 4) is 0 Å². The first kappa shape index (κ1) is 12.8. The number of amides is 1. The number of hydrogen-bond acceptors (Lipinski definition) is 1. The Morgan fingerprint density at radius 3 is 1.46 bits per heavy atom. The van der Waals surface area contributed by atoms with Crippen LogP contribution in [0.3, 0.4) is 0 Å². The Morgan fingerprint density at radius 2 is 1.38 bits per heavy atom. The van der Waals surface area contributed by atoms with Crippen molar-refractivity contribution in [2.75, 3.05) is 6.67 Å². The highest BCUT2D eigenvalue weighted by molar-refractivity contribution is 6.92. The number of hydrogen-bond donors (Lipinski definition) is 0. The molecule has 0 radical (unpaired) electrons. The maximum absolute atomic E-state index is 12.4. The SMILES string of the molecule is C[Si](C)(C)N(C(=O)CF)[Si](C)(C)C. The highest BCUT2D eigenvalue weighted by Gasteiger charge is 2.37. The minimum Gasteiger partial charge on any atom is -0.394 e. The Hall–Kier alpha value is -0.166. The number of nitrogens with zero attached hydrogens (tertiary/aromatic N) is 1. The Balaban J connectivity index is 4.89. The number of carbonyl (C=O) groups excluding carboxylic acids is 1. The van der Waals surface area contributed by atoms with Gasteiger partial charge in [0.15, 0.2) is 6.67 Å². The third-order valence-electron chi connectivity index (χ3n) is 1.71. The third kappa shape index (κ3) is 3.60. The molecule has 0 unspecified atom stereocenters. The fourth-order valence-corrected chi connectivity index (χ4v) is 11.5. The van der Waals surface area contributed by atoms with Gasteiger partial charge in [-0.25, -0.2) is 4.39 Å². The van der Waals surface area contributed by atoms with E-state index >= 15 is 0 Å². The smallest absolute Gasteiger partial charge is 0.238 e. The molecule has 0 saturated carbocycles. The lowest BCUT2D eigenvalue weighted by molar-refractivity contribution is -0.125. The summed E-state index contributed by atoms with van der Waals surface area (Å²) in [4.78, 5) is 11.4. The molecule has 0 aromatic carbocycles. The molecule has 5 heteroatoms. The van der Waals surface area contributed by atoms with E-state index in [4.69, 9.17) is 0 Å². The molecule has 0 atom stereocenters. The Kier molecular flexibility index (Phi) is 3.87. The van der Waals surface area contributed by atoms with E-state index in [1.165, 1.54) is 0 Å². The largest absolute Gasteiger partial charge is 0.394 e. The summed E-state index contributed by atoms with van der Waals surface area (Å²) >= 11 is 0. The van der Waals surface area contributed by atoms with E-state index in [9.17, 15) is 9.18 Å². The van der Waals surface area contributed by atoms with Crippen LogP contribution in [0.15, 0.2) is 0 Å². The summed E-state index contributed by atoms with van der Waals surface area (Å²) in [6.07, 6.45) is 0. The van der Waals surface area contributed by atoms with Crippen LogP contribution in [0.1, 0.15) is 0 Å². The van der Waals surface area contributed by atoms with Crippen molar-refractivity contribution in [3.63, 3.8) is 0 Å². The lowest BCUT2D eigenvalue weighted by Gasteiger charge is -2.43. The molecule has 0 aliphatic rings. The molecule has 0 aliphatic heterocycles. The second-order valence-electron chi connectivity index (χ2n) is 5.20. The van der Waals surface area contributed by atoms with Crippen molar-refractivity contribution in [2.45, 2.75) is 39.3 Å². The molecule has 0 spiro atoms. The van der Waals surface area contributed by atoms with E-state index < -0.39 is 23.1 Å². The first-order chi connectivity index (χ1) is 5.60. The highest BCUT2D eigenvalue weighted by atomic mass is 28.4. The van der Waals surface area contributed by atoms with E-state index in [1.54, 1.807) is 0 Å². The second kappa shape index (κ2) is 3.92. The fourth-order valence-electron chi connectivity index (χ4n) is 1.81. The molecule has 0 saturated heterocycles. The summed E-state index contributed by atoms with van der Waals surface area (Å²) in [7, 11) is -3.40. The molecule has 0 heterocycles. The van der Waals surface area contributed by atoms with Crippen molar-refractivity contribution >= 4 is 22.4 Å². The van der Waals surface area contributed by atoms with E-state index in [2.05, 4.69) is 39.3 Å². The molecule has 1 amide bonds. The van der Waals surface area contributed by atoms with Crippen LogP contribution in [-0.4, -0.2) is 33.3 Å². The van der Waals surface area contributed by atoms with Gasteiger partial charge in [-0.2, -0.15) is 0 Å². The van der Waals surface area contributed by atoms with Crippen LogP contribution in [0.2, 0.25) is 39.3 Å². The highest BCUT2D eigenvalue weighted by Crippen LogP contribution is 2.19. The van der Waals surface area contributed by atoms with Gasteiger partial charge in [0.05, 0.1) is 0 Å². The van der Waals surface area contributed by atoms with Crippen molar-refractivity contribution in [1.29, 1.82) is 0 Å². The summed E-state index contributed by atoms with van der Waals surface area (Å²) in [6.45, 7) is 11.6. The van der Waals surface area contributed by atoms with Gasteiger partial charge in [-0.15, -0.1) is 0 Å². The lowest BCUT2D eigenvalue weighted by atomic mass is 10.7. The van der Waals surface area contributed by atoms with Gasteiger partial charge >= 0.3 is 0 Å². The van der Waals surface area contributed by atoms with Crippen LogP contribution >= 0.6 is 0 Å². The van der Waals surface area contributed by atoms with E-state index in [1.807, 2.05) is 4.23 Å². The van der Waals surface area contributed by atoms with Crippen molar-refractivity contribution in [3.05, 3.63) is 0 Å². The molecular weight excluding hydrogens is 201 g/mol.